The molecule has 6 heterocycles. The first-order chi connectivity index (χ1) is 29.0. The summed E-state index contributed by atoms with van der Waals surface area (Å²) in [5.74, 6) is 3.33. The highest BCUT2D eigenvalue weighted by Gasteiger charge is 2.18. The minimum Gasteiger partial charge on any atom is -0.497 e. The molecule has 6 aromatic heterocycles. The third kappa shape index (κ3) is 7.15. The van der Waals surface area contributed by atoms with Gasteiger partial charge in [-0.05, 0) is 103 Å². The van der Waals surface area contributed by atoms with Crippen LogP contribution < -0.4 is 15.4 Å². The number of para-hydroxylation sites is 1. The second-order valence-corrected chi connectivity index (χ2v) is 16.2. The molecule has 0 amide bonds. The summed E-state index contributed by atoms with van der Waals surface area (Å²) in [6.07, 6.45) is 9.36. The maximum absolute atomic E-state index is 5.62. The van der Waals surface area contributed by atoms with E-state index in [4.69, 9.17) is 34.6 Å². The van der Waals surface area contributed by atoms with E-state index in [1.807, 2.05) is 42.5 Å². The number of benzene rings is 4. The standard InChI is InChI=1S/C46H36N10OS2/c1-4-39-51-36-11-9-30(23-37(36)58-39)49-45-33-8-6-7-28(41(33)54-44(56-45)27-15-19-48-20-16-27)21-29-22-31(24-38-42(29)53-40(5-2)59-38)50-46-34-25-32(57-3)10-12-35(34)52-43(55-46)26-13-17-47-18-14-26/h6-20,22-25H,4-5,21H2,1-3H3,(H,49,54,56)(H,50,52,55). The van der Waals surface area contributed by atoms with Crippen molar-refractivity contribution in [2.75, 3.05) is 17.7 Å². The third-order valence-electron chi connectivity index (χ3n) is 10.2. The zero-order valence-electron chi connectivity index (χ0n) is 32.4. The topological polar surface area (TPSA) is 136 Å². The van der Waals surface area contributed by atoms with E-state index in [0.717, 1.165) is 110 Å². The molecule has 288 valence electrons. The number of nitrogens with one attached hydrogen (secondary N) is 2. The molecule has 4 aromatic carbocycles. The van der Waals surface area contributed by atoms with Gasteiger partial charge < -0.3 is 15.4 Å². The van der Waals surface area contributed by atoms with Crippen LogP contribution in [0.25, 0.3) is 65.0 Å². The number of fused-ring (bicyclic) bond motifs is 4. The summed E-state index contributed by atoms with van der Waals surface area (Å²) in [5.41, 5.74) is 9.34. The van der Waals surface area contributed by atoms with Gasteiger partial charge in [0.2, 0.25) is 0 Å². The van der Waals surface area contributed by atoms with Gasteiger partial charge in [-0.1, -0.05) is 26.0 Å². The van der Waals surface area contributed by atoms with Gasteiger partial charge in [-0.3, -0.25) is 9.97 Å². The smallest absolute Gasteiger partial charge is 0.162 e. The van der Waals surface area contributed by atoms with Crippen molar-refractivity contribution in [1.82, 2.24) is 39.9 Å². The first kappa shape index (κ1) is 36.4. The highest BCUT2D eigenvalue weighted by molar-refractivity contribution is 7.19. The number of aromatic nitrogens is 8. The summed E-state index contributed by atoms with van der Waals surface area (Å²) < 4.78 is 7.84. The molecule has 2 N–H and O–H groups in total. The van der Waals surface area contributed by atoms with Gasteiger partial charge in [-0.25, -0.2) is 29.9 Å². The van der Waals surface area contributed by atoms with Crippen molar-refractivity contribution in [3.8, 4) is 28.5 Å². The Morgan fingerprint density at radius 1 is 0.542 bits per heavy atom. The fourth-order valence-electron chi connectivity index (χ4n) is 7.22. The Balaban J connectivity index is 1.09. The fourth-order valence-corrected chi connectivity index (χ4v) is 9.16. The van der Waals surface area contributed by atoms with Crippen molar-refractivity contribution in [3.05, 3.63) is 137 Å². The van der Waals surface area contributed by atoms with E-state index in [9.17, 15) is 0 Å². The van der Waals surface area contributed by atoms with Crippen molar-refractivity contribution >= 4 is 87.9 Å². The number of rotatable bonds is 11. The van der Waals surface area contributed by atoms with E-state index in [-0.39, 0.29) is 0 Å². The van der Waals surface area contributed by atoms with Gasteiger partial charge in [-0.15, -0.1) is 22.7 Å². The maximum Gasteiger partial charge on any atom is 0.162 e. The molecule has 0 bridgehead atoms. The van der Waals surface area contributed by atoms with Crippen LogP contribution in [0.2, 0.25) is 0 Å². The normalized spacial score (nSPS) is 11.5. The van der Waals surface area contributed by atoms with Crippen LogP contribution in [0.1, 0.15) is 35.0 Å². The van der Waals surface area contributed by atoms with Crippen molar-refractivity contribution in [3.63, 3.8) is 0 Å². The molecular weight excluding hydrogens is 773 g/mol. The lowest BCUT2D eigenvalue weighted by Gasteiger charge is -2.15. The summed E-state index contributed by atoms with van der Waals surface area (Å²) in [4.78, 5) is 38.6. The van der Waals surface area contributed by atoms with E-state index in [0.29, 0.717) is 23.9 Å². The fraction of sp³-hybridized carbons (Fsp3) is 0.130. The van der Waals surface area contributed by atoms with E-state index in [2.05, 4.69) is 83.0 Å². The molecule has 59 heavy (non-hydrogen) atoms. The summed E-state index contributed by atoms with van der Waals surface area (Å²) in [6, 6.07) is 30.5. The highest BCUT2D eigenvalue weighted by Crippen LogP contribution is 2.37. The third-order valence-corrected chi connectivity index (χ3v) is 12.5. The molecule has 0 atom stereocenters. The molecule has 0 spiro atoms. The molecule has 0 radical (unpaired) electrons. The summed E-state index contributed by atoms with van der Waals surface area (Å²) in [6.45, 7) is 4.28. The molecule has 13 heteroatoms. The Kier molecular flexibility index (Phi) is 9.51. The monoisotopic (exact) mass is 808 g/mol. The van der Waals surface area contributed by atoms with Crippen molar-refractivity contribution < 1.29 is 4.74 Å². The van der Waals surface area contributed by atoms with E-state index in [1.54, 1.807) is 54.6 Å². The Morgan fingerprint density at radius 3 is 1.95 bits per heavy atom. The molecule has 0 aliphatic carbocycles. The number of hydrogen-bond acceptors (Lipinski definition) is 13. The van der Waals surface area contributed by atoms with Crippen LogP contribution in [-0.4, -0.2) is 47.0 Å². The van der Waals surface area contributed by atoms with E-state index < -0.39 is 0 Å². The zero-order chi connectivity index (χ0) is 39.9. The first-order valence-corrected chi connectivity index (χ1v) is 21.0. The van der Waals surface area contributed by atoms with Crippen LogP contribution in [0.4, 0.5) is 23.0 Å². The van der Waals surface area contributed by atoms with Gasteiger partial charge in [0.1, 0.15) is 17.4 Å². The van der Waals surface area contributed by atoms with Gasteiger partial charge in [0.15, 0.2) is 11.6 Å². The number of nitrogens with zero attached hydrogens (tertiary/aromatic N) is 8. The predicted molar refractivity (Wildman–Crippen MR) is 239 cm³/mol. The number of anilines is 4. The summed E-state index contributed by atoms with van der Waals surface area (Å²) in [5, 5.41) is 11.3. The van der Waals surface area contributed by atoms with Gasteiger partial charge in [0, 0.05) is 64.5 Å². The lowest BCUT2D eigenvalue weighted by Crippen LogP contribution is -2.03. The number of ether oxygens (including phenoxy) is 1. The maximum atomic E-state index is 5.62. The number of pyridine rings is 2. The summed E-state index contributed by atoms with van der Waals surface area (Å²) in [7, 11) is 1.66. The molecule has 0 aliphatic rings. The molecule has 10 aromatic rings. The first-order valence-electron chi connectivity index (χ1n) is 19.3. The predicted octanol–water partition coefficient (Wildman–Crippen LogP) is 11.1. The molecule has 0 saturated heterocycles. The second-order valence-electron chi connectivity index (χ2n) is 14.0. The average molecular weight is 809 g/mol. The van der Waals surface area contributed by atoms with E-state index >= 15 is 0 Å². The van der Waals surface area contributed by atoms with Gasteiger partial charge in [0.25, 0.3) is 0 Å². The number of aryl methyl sites for hydroxylation is 2. The van der Waals surface area contributed by atoms with Crippen molar-refractivity contribution in [2.45, 2.75) is 33.1 Å². The van der Waals surface area contributed by atoms with Gasteiger partial charge in [-0.2, -0.15) is 0 Å². The Bertz CT molecular complexity index is 3170. The minimum atomic E-state index is 0.579. The Morgan fingerprint density at radius 2 is 1.20 bits per heavy atom. The average Bonchev–Trinajstić information content (AvgIpc) is 3.91. The van der Waals surface area contributed by atoms with Crippen LogP contribution in [0.5, 0.6) is 5.75 Å². The lowest BCUT2D eigenvalue weighted by molar-refractivity contribution is 0.415. The molecule has 0 saturated carbocycles. The summed E-state index contributed by atoms with van der Waals surface area (Å²) >= 11 is 3.43. The van der Waals surface area contributed by atoms with Crippen molar-refractivity contribution in [1.29, 1.82) is 0 Å². The molecule has 10 rings (SSSR count). The SMILES string of the molecule is CCc1nc2ccc(Nc3nc(-c4ccncc4)nc4c(Cc5cc(Nc6nc(-c7ccncc7)nc7ccc(OC)cc67)cc6sc(CC)nc56)cccc34)cc2s1. The number of hydrogen-bond donors (Lipinski definition) is 2. The van der Waals surface area contributed by atoms with Crippen LogP contribution in [0.15, 0.2) is 116 Å². The molecule has 11 nitrogen and oxygen atoms in total. The highest BCUT2D eigenvalue weighted by atomic mass is 32.1. The van der Waals surface area contributed by atoms with Crippen LogP contribution in [0.3, 0.4) is 0 Å². The largest absolute Gasteiger partial charge is 0.497 e. The molecule has 0 fully saturated rings. The Hall–Kier alpha value is -6.96. The van der Waals surface area contributed by atoms with Gasteiger partial charge >= 0.3 is 0 Å². The van der Waals surface area contributed by atoms with Crippen LogP contribution in [-0.2, 0) is 19.3 Å². The van der Waals surface area contributed by atoms with Crippen molar-refractivity contribution in [2.24, 2.45) is 0 Å². The quantitative estimate of drug-likeness (QED) is 0.129. The molecule has 0 unspecified atom stereocenters. The van der Waals surface area contributed by atoms with Gasteiger partial charge in [0.05, 0.1) is 48.6 Å². The molecule has 0 aliphatic heterocycles. The second kappa shape index (κ2) is 15.4. The minimum absolute atomic E-state index is 0.579. The van der Waals surface area contributed by atoms with Crippen LogP contribution in [0, 0.1) is 0 Å². The van der Waals surface area contributed by atoms with E-state index in [1.165, 1.54) is 0 Å². The van der Waals surface area contributed by atoms with Crippen LogP contribution >= 0.6 is 22.7 Å². The lowest BCUT2D eigenvalue weighted by atomic mass is 10.00. The number of thiazole rings is 2. The number of methoxy groups -OCH3 is 1. The zero-order valence-corrected chi connectivity index (χ0v) is 34.0. The Labute approximate surface area is 347 Å². The molecular formula is C46H36N10OS2.